The quantitative estimate of drug-likeness (QED) is 0.103. The molecule has 2 atom stereocenters. The number of nitrogens with one attached hydrogen (secondary N) is 2. The number of allylic oxidation sites excluding steroid dienone is 1. The zero-order valence-electron chi connectivity index (χ0n) is 31.8. The number of hydrogen-bond donors (Lipinski definition) is 6. The molecule has 4 heterocycles. The molecular weight excluding hydrogens is 812 g/mol. The number of rotatable bonds is 8. The van der Waals surface area contributed by atoms with E-state index in [2.05, 4.69) is 37.7 Å². The molecule has 0 saturated carbocycles. The number of aromatic carboxylic acids is 2. The number of carbonyl (C=O) groups is 9. The summed E-state index contributed by atoms with van der Waals surface area (Å²) in [7, 11) is 0. The molecule has 0 radical (unpaired) electrons. The summed E-state index contributed by atoms with van der Waals surface area (Å²) in [6.07, 6.45) is 0.753. The minimum Gasteiger partial charge on any atom is -0.507 e. The molecule has 6 N–H and O–H groups in total. The lowest BCUT2D eigenvalue weighted by atomic mass is 10.0. The number of imide groups is 3. The normalized spacial score (nSPS) is 18.5. The van der Waals surface area contributed by atoms with E-state index in [-0.39, 0.29) is 75.4 Å². The highest BCUT2D eigenvalue weighted by atomic mass is 16.4. The summed E-state index contributed by atoms with van der Waals surface area (Å²) >= 11 is 0. The van der Waals surface area contributed by atoms with Crippen molar-refractivity contribution < 1.29 is 63.6 Å². The maximum absolute atomic E-state index is 13.0. The predicted molar refractivity (Wildman–Crippen MR) is 209 cm³/mol. The minimum atomic E-state index is -1.35. The first kappa shape index (κ1) is 41.4. The summed E-state index contributed by atoms with van der Waals surface area (Å²) in [5.41, 5.74) is 0.323. The second-order valence-corrected chi connectivity index (χ2v) is 13.9. The summed E-state index contributed by atoms with van der Waals surface area (Å²) in [5, 5.41) is 57.9. The molecule has 4 aromatic rings. The minimum absolute atomic E-state index is 0.00312. The molecule has 2 saturated heterocycles. The number of hydrogen-bond acceptors (Lipinski definition) is 15. The van der Waals surface area contributed by atoms with E-state index in [1.54, 1.807) is 0 Å². The molecule has 312 valence electrons. The number of carbonyl (C=O) groups excluding carboxylic acids is 7. The van der Waals surface area contributed by atoms with Gasteiger partial charge in [-0.05, 0) is 79.9 Å². The van der Waals surface area contributed by atoms with Crippen LogP contribution in [0.1, 0.15) is 87.8 Å². The Morgan fingerprint density at radius 1 is 0.581 bits per heavy atom. The van der Waals surface area contributed by atoms with Gasteiger partial charge in [-0.25, -0.2) is 9.59 Å². The van der Waals surface area contributed by atoms with E-state index in [0.717, 1.165) is 28.0 Å². The number of fused-ring (bicyclic) bond motifs is 2. The Balaban J connectivity index is 0.000000186. The number of nitrogens with zero attached hydrogens (tertiary/aromatic N) is 6. The summed E-state index contributed by atoms with van der Waals surface area (Å²) in [6, 6.07) is 14.0. The van der Waals surface area contributed by atoms with Crippen LogP contribution in [0.25, 0.3) is 0 Å². The average molecular weight is 843 g/mol. The van der Waals surface area contributed by atoms with Crippen LogP contribution in [0.5, 0.6) is 11.5 Å². The molecule has 0 spiro atoms. The molecular formula is C41H30N8O13. The molecule has 21 heteroatoms. The molecule has 2 fully saturated rings. The molecule has 8 rings (SSSR count). The fourth-order valence-electron chi connectivity index (χ4n) is 6.98. The van der Waals surface area contributed by atoms with Crippen LogP contribution in [0.2, 0.25) is 0 Å². The number of benzene rings is 4. The van der Waals surface area contributed by atoms with E-state index < -0.39 is 76.9 Å². The van der Waals surface area contributed by atoms with E-state index in [0.29, 0.717) is 12.1 Å². The fraction of sp³-hybridized carbons (Fsp3) is 0.146. The van der Waals surface area contributed by atoms with E-state index in [4.69, 9.17) is 10.2 Å². The molecule has 62 heavy (non-hydrogen) atoms. The van der Waals surface area contributed by atoms with E-state index in [9.17, 15) is 53.4 Å². The zero-order chi connectivity index (χ0) is 44.6. The Morgan fingerprint density at radius 3 is 1.44 bits per heavy atom. The molecule has 21 nitrogen and oxygen atoms in total. The van der Waals surface area contributed by atoms with Crippen LogP contribution in [0.15, 0.2) is 106 Å². The largest absolute Gasteiger partial charge is 0.507 e. The van der Waals surface area contributed by atoms with Crippen molar-refractivity contribution in [3.8, 4) is 11.5 Å². The number of azo groups is 2. The van der Waals surface area contributed by atoms with Crippen LogP contribution in [-0.4, -0.2) is 95.6 Å². The Hall–Kier alpha value is -8.75. The first-order valence-corrected chi connectivity index (χ1v) is 18.4. The summed E-state index contributed by atoms with van der Waals surface area (Å²) in [6.45, 7) is 3.69. The van der Waals surface area contributed by atoms with Crippen molar-refractivity contribution in [2.45, 2.75) is 37.8 Å². The highest BCUT2D eigenvalue weighted by Crippen LogP contribution is 2.37. The van der Waals surface area contributed by atoms with Gasteiger partial charge in [0.25, 0.3) is 23.6 Å². The summed E-state index contributed by atoms with van der Waals surface area (Å²) in [5.74, 6) is -7.87. The topological polar surface area (TPSA) is 315 Å². The van der Waals surface area contributed by atoms with Gasteiger partial charge in [-0.1, -0.05) is 18.7 Å². The van der Waals surface area contributed by atoms with Crippen molar-refractivity contribution in [2.24, 2.45) is 20.5 Å². The lowest BCUT2D eigenvalue weighted by Gasteiger charge is -2.29. The zero-order valence-corrected chi connectivity index (χ0v) is 31.8. The number of amides is 7. The second kappa shape index (κ2) is 16.5. The summed E-state index contributed by atoms with van der Waals surface area (Å²) in [4.78, 5) is 112. The van der Waals surface area contributed by atoms with Gasteiger partial charge in [0, 0.05) is 12.1 Å². The smallest absolute Gasteiger partial charge is 0.339 e. The third-order valence-corrected chi connectivity index (χ3v) is 9.97. The highest BCUT2D eigenvalue weighted by molar-refractivity contribution is 6.26. The van der Waals surface area contributed by atoms with Crippen molar-refractivity contribution in [3.05, 3.63) is 118 Å². The fourth-order valence-corrected chi connectivity index (χ4v) is 6.98. The third kappa shape index (κ3) is 7.75. The van der Waals surface area contributed by atoms with Crippen LogP contribution in [0.4, 0.5) is 22.7 Å². The Morgan fingerprint density at radius 2 is 1.02 bits per heavy atom. The van der Waals surface area contributed by atoms with Gasteiger partial charge < -0.3 is 25.7 Å². The van der Waals surface area contributed by atoms with Gasteiger partial charge in [0.1, 0.15) is 34.7 Å². The second-order valence-electron chi connectivity index (χ2n) is 13.9. The Bertz CT molecular complexity index is 2590. The average Bonchev–Trinajstić information content (AvgIpc) is 3.64. The Labute approximate surface area is 347 Å². The van der Waals surface area contributed by atoms with Crippen LogP contribution < -0.4 is 10.6 Å². The van der Waals surface area contributed by atoms with Gasteiger partial charge in [0.15, 0.2) is 0 Å². The molecule has 4 aliphatic heterocycles. The number of carboxylic acid groups (broad SMARTS) is 2. The van der Waals surface area contributed by atoms with E-state index in [1.807, 2.05) is 0 Å². The molecule has 4 aliphatic rings. The Kier molecular flexibility index (Phi) is 11.0. The number of aromatic hydroxyl groups is 2. The van der Waals surface area contributed by atoms with Gasteiger partial charge in [-0.2, -0.15) is 10.2 Å². The molecule has 0 bridgehead atoms. The van der Waals surface area contributed by atoms with Crippen LogP contribution in [-0.2, 0) is 14.4 Å². The van der Waals surface area contributed by atoms with Crippen LogP contribution >= 0.6 is 0 Å². The molecule has 7 amide bonds. The molecule has 0 aromatic heterocycles. The van der Waals surface area contributed by atoms with Gasteiger partial charge >= 0.3 is 11.9 Å². The van der Waals surface area contributed by atoms with E-state index >= 15 is 0 Å². The maximum Gasteiger partial charge on any atom is 0.339 e. The molecule has 4 aromatic carbocycles. The number of carboxylic acids is 2. The van der Waals surface area contributed by atoms with Crippen LogP contribution in [0, 0.1) is 0 Å². The highest BCUT2D eigenvalue weighted by Gasteiger charge is 2.47. The third-order valence-electron chi connectivity index (χ3n) is 9.97. The van der Waals surface area contributed by atoms with Crippen molar-refractivity contribution in [1.29, 1.82) is 0 Å². The molecule has 2 unspecified atom stereocenters. The number of piperidine rings is 2. The van der Waals surface area contributed by atoms with E-state index in [1.165, 1.54) is 54.6 Å². The van der Waals surface area contributed by atoms with Crippen molar-refractivity contribution in [3.63, 3.8) is 0 Å². The molecule has 0 aliphatic carbocycles. The van der Waals surface area contributed by atoms with Gasteiger partial charge in [-0.15, -0.1) is 10.2 Å². The van der Waals surface area contributed by atoms with Crippen LogP contribution in [0.3, 0.4) is 0 Å². The lowest BCUT2D eigenvalue weighted by Crippen LogP contribution is -2.54. The number of phenols is 2. The SMILES string of the molecule is C=C1CCC(N2C(=O)c3cccc(N=Nc4ccc(O)c(C(=O)O)c4)c3C2=O)C(=O)N1.O=C1CCC(N2C(=O)c3cccc(N=Nc4ccc(O)c(C(=O)O)c4)c3C2=O)C(=O)N1. The van der Waals surface area contributed by atoms with Crippen molar-refractivity contribution in [2.75, 3.05) is 0 Å². The predicted octanol–water partition coefficient (Wildman–Crippen LogP) is 4.80. The standard InChI is InChI=1S/C21H16N4O6.C20H14N4O7/c1-10-5-7-15(18(27)22-10)25-19(28)12-3-2-4-14(17(12)20(25)29)24-23-11-6-8-16(26)13(9-11)21(30)31;25-14-6-4-9(8-11(14)20(30)31)22-23-12-3-1-2-10-16(12)19(29)24(18(10)28)13-5-7-15(26)21-17(13)27/h2-4,6,8-9,15,26H,1,5,7H2,(H,22,27)(H,30,31);1-4,6,8,13,25H,5,7H2,(H,30,31)(H,21,26,27). The van der Waals surface area contributed by atoms with Gasteiger partial charge in [0.2, 0.25) is 17.7 Å². The van der Waals surface area contributed by atoms with Gasteiger partial charge in [0.05, 0.1) is 45.0 Å². The monoisotopic (exact) mass is 842 g/mol. The summed E-state index contributed by atoms with van der Waals surface area (Å²) < 4.78 is 0. The lowest BCUT2D eigenvalue weighted by molar-refractivity contribution is -0.136. The first-order valence-electron chi connectivity index (χ1n) is 18.4. The van der Waals surface area contributed by atoms with Crippen molar-refractivity contribution in [1.82, 2.24) is 20.4 Å². The van der Waals surface area contributed by atoms with Crippen molar-refractivity contribution >= 4 is 76.0 Å². The first-order chi connectivity index (χ1) is 29.5. The maximum atomic E-state index is 13.0. The van der Waals surface area contributed by atoms with Gasteiger partial charge in [-0.3, -0.25) is 48.7 Å².